The Kier molecular flexibility index (Phi) is 3.53. The van der Waals surface area contributed by atoms with Crippen molar-refractivity contribution in [3.05, 3.63) is 24.3 Å². The lowest BCUT2D eigenvalue weighted by Crippen LogP contribution is -2.05. The summed E-state index contributed by atoms with van der Waals surface area (Å²) >= 11 is 0. The summed E-state index contributed by atoms with van der Waals surface area (Å²) < 4.78 is 27.0. The molecule has 0 amide bonds. The minimum atomic E-state index is -2.71. The predicted molar refractivity (Wildman–Crippen MR) is 37.7 cm³/mol. The van der Waals surface area contributed by atoms with Crippen LogP contribution in [0.25, 0.3) is 0 Å². The van der Waals surface area contributed by atoms with Crippen LogP contribution < -0.4 is 0 Å². The molecule has 0 fully saturated rings. The molecule has 0 aliphatic carbocycles. The van der Waals surface area contributed by atoms with Crippen LogP contribution in [-0.2, 0) is 11.2 Å². The molecule has 0 aromatic carbocycles. The van der Waals surface area contributed by atoms with Crippen molar-refractivity contribution in [1.29, 1.82) is 0 Å². The number of ether oxygens (including phenoxy) is 1. The first-order chi connectivity index (χ1) is 5.79. The van der Waals surface area contributed by atoms with Crippen LogP contribution in [0.15, 0.2) is 18.5 Å². The Balaban J connectivity index is 2.25. The van der Waals surface area contributed by atoms with Gasteiger partial charge in [-0.3, -0.25) is 0 Å². The average molecular weight is 174 g/mol. The fraction of sp³-hybridized carbons (Fsp3) is 0.429. The van der Waals surface area contributed by atoms with Crippen LogP contribution in [-0.4, -0.2) is 23.2 Å². The molecule has 0 bridgehead atoms. The van der Waals surface area contributed by atoms with Gasteiger partial charge >= 0.3 is 6.61 Å². The number of hydrogen-bond acceptors (Lipinski definition) is 3. The quantitative estimate of drug-likeness (QED) is 0.689. The number of halogens is 2. The maximum absolute atomic E-state index is 11.5. The van der Waals surface area contributed by atoms with Gasteiger partial charge in [0.1, 0.15) is 5.82 Å². The Hall–Kier alpha value is -1.10. The first kappa shape index (κ1) is 8.99. The van der Waals surface area contributed by atoms with Crippen LogP contribution in [0.2, 0.25) is 0 Å². The molecule has 1 rings (SSSR count). The Morgan fingerprint density at radius 1 is 1.33 bits per heavy atom. The number of alkyl halides is 2. The van der Waals surface area contributed by atoms with E-state index in [1.165, 1.54) is 0 Å². The second-order valence-electron chi connectivity index (χ2n) is 2.05. The Morgan fingerprint density at radius 3 is 2.58 bits per heavy atom. The van der Waals surface area contributed by atoms with E-state index < -0.39 is 6.61 Å². The SMILES string of the molecule is FC(F)OCCc1ncccn1. The summed E-state index contributed by atoms with van der Waals surface area (Å²) in [5, 5.41) is 0. The molecule has 0 aliphatic rings. The molecule has 0 unspecified atom stereocenters. The second-order valence-corrected chi connectivity index (χ2v) is 2.05. The topological polar surface area (TPSA) is 35.0 Å². The maximum atomic E-state index is 11.5. The van der Waals surface area contributed by atoms with Crippen LogP contribution >= 0.6 is 0 Å². The fourth-order valence-corrected chi connectivity index (χ4v) is 0.698. The van der Waals surface area contributed by atoms with Crippen molar-refractivity contribution >= 4 is 0 Å². The molecule has 66 valence electrons. The lowest BCUT2D eigenvalue weighted by atomic mass is 10.4. The van der Waals surface area contributed by atoms with E-state index in [2.05, 4.69) is 14.7 Å². The van der Waals surface area contributed by atoms with Gasteiger partial charge in [0.05, 0.1) is 6.61 Å². The van der Waals surface area contributed by atoms with E-state index >= 15 is 0 Å². The molecule has 0 N–H and O–H groups in total. The zero-order valence-corrected chi connectivity index (χ0v) is 6.28. The summed E-state index contributed by atoms with van der Waals surface area (Å²) in [7, 11) is 0. The molecule has 1 heterocycles. The van der Waals surface area contributed by atoms with E-state index in [4.69, 9.17) is 0 Å². The van der Waals surface area contributed by atoms with Gasteiger partial charge in [0.25, 0.3) is 0 Å². The highest BCUT2D eigenvalue weighted by Crippen LogP contribution is 1.96. The van der Waals surface area contributed by atoms with Gasteiger partial charge in [-0.1, -0.05) is 0 Å². The number of hydrogen-bond donors (Lipinski definition) is 0. The van der Waals surface area contributed by atoms with Gasteiger partial charge in [-0.05, 0) is 6.07 Å². The fourth-order valence-electron chi connectivity index (χ4n) is 0.698. The van der Waals surface area contributed by atoms with Crippen LogP contribution in [0.1, 0.15) is 5.82 Å². The van der Waals surface area contributed by atoms with E-state index in [1.54, 1.807) is 18.5 Å². The molecule has 0 atom stereocenters. The molecule has 0 radical (unpaired) electrons. The van der Waals surface area contributed by atoms with Gasteiger partial charge in [-0.2, -0.15) is 8.78 Å². The van der Waals surface area contributed by atoms with Gasteiger partial charge in [0.2, 0.25) is 0 Å². The molecule has 5 heteroatoms. The zero-order valence-electron chi connectivity index (χ0n) is 6.28. The second kappa shape index (κ2) is 4.71. The molecule has 0 saturated heterocycles. The largest absolute Gasteiger partial charge is 0.345 e. The zero-order chi connectivity index (χ0) is 8.81. The Bertz CT molecular complexity index is 218. The average Bonchev–Trinajstić information content (AvgIpc) is 2.05. The number of nitrogens with zero attached hydrogens (tertiary/aromatic N) is 2. The van der Waals surface area contributed by atoms with E-state index in [1.807, 2.05) is 0 Å². The highest BCUT2D eigenvalue weighted by molar-refractivity contribution is 4.88. The number of rotatable bonds is 4. The summed E-state index contributed by atoms with van der Waals surface area (Å²) in [6, 6.07) is 1.66. The molecular formula is C7H8F2N2O. The Morgan fingerprint density at radius 2 is 2.00 bits per heavy atom. The van der Waals surface area contributed by atoms with Crippen LogP contribution in [0.4, 0.5) is 8.78 Å². The molecule has 1 aromatic heterocycles. The molecule has 12 heavy (non-hydrogen) atoms. The van der Waals surface area contributed by atoms with E-state index in [0.29, 0.717) is 12.2 Å². The Labute approximate surface area is 68.4 Å². The van der Waals surface area contributed by atoms with Gasteiger partial charge in [0, 0.05) is 18.8 Å². The molecule has 0 spiro atoms. The van der Waals surface area contributed by atoms with E-state index in [9.17, 15) is 8.78 Å². The minimum absolute atomic E-state index is 0.0539. The van der Waals surface area contributed by atoms with Gasteiger partial charge < -0.3 is 4.74 Å². The summed E-state index contributed by atoms with van der Waals surface area (Å²) in [5.74, 6) is 0.512. The lowest BCUT2D eigenvalue weighted by Gasteiger charge is -2.00. The van der Waals surface area contributed by atoms with Crippen molar-refractivity contribution in [3.8, 4) is 0 Å². The molecule has 0 saturated carbocycles. The van der Waals surface area contributed by atoms with Crippen LogP contribution in [0, 0.1) is 0 Å². The van der Waals surface area contributed by atoms with Gasteiger partial charge in [-0.15, -0.1) is 0 Å². The van der Waals surface area contributed by atoms with Crippen LogP contribution in [0.5, 0.6) is 0 Å². The molecular weight excluding hydrogens is 166 g/mol. The highest BCUT2D eigenvalue weighted by atomic mass is 19.3. The molecule has 1 aromatic rings. The number of aromatic nitrogens is 2. The third-order valence-corrected chi connectivity index (χ3v) is 1.19. The first-order valence-corrected chi connectivity index (χ1v) is 3.44. The van der Waals surface area contributed by atoms with E-state index in [-0.39, 0.29) is 6.61 Å². The van der Waals surface area contributed by atoms with Crippen molar-refractivity contribution in [1.82, 2.24) is 9.97 Å². The van der Waals surface area contributed by atoms with Crippen LogP contribution in [0.3, 0.4) is 0 Å². The van der Waals surface area contributed by atoms with Crippen molar-refractivity contribution in [2.24, 2.45) is 0 Å². The maximum Gasteiger partial charge on any atom is 0.345 e. The summed E-state index contributed by atoms with van der Waals surface area (Å²) in [6.07, 6.45) is 3.43. The summed E-state index contributed by atoms with van der Waals surface area (Å²) in [5.41, 5.74) is 0. The van der Waals surface area contributed by atoms with E-state index in [0.717, 1.165) is 0 Å². The molecule has 3 nitrogen and oxygen atoms in total. The van der Waals surface area contributed by atoms with Gasteiger partial charge in [0.15, 0.2) is 0 Å². The van der Waals surface area contributed by atoms with Crippen molar-refractivity contribution in [2.45, 2.75) is 13.0 Å². The first-order valence-electron chi connectivity index (χ1n) is 3.44. The van der Waals surface area contributed by atoms with Crippen molar-refractivity contribution in [3.63, 3.8) is 0 Å². The summed E-state index contributed by atoms with van der Waals surface area (Å²) in [6.45, 7) is -2.77. The normalized spacial score (nSPS) is 10.6. The van der Waals surface area contributed by atoms with Crippen molar-refractivity contribution < 1.29 is 13.5 Å². The highest BCUT2D eigenvalue weighted by Gasteiger charge is 2.01. The smallest absolute Gasteiger partial charge is 0.323 e. The summed E-state index contributed by atoms with van der Waals surface area (Å²) in [4.78, 5) is 7.68. The third kappa shape index (κ3) is 3.34. The lowest BCUT2D eigenvalue weighted by molar-refractivity contribution is -0.128. The monoisotopic (exact) mass is 174 g/mol. The van der Waals surface area contributed by atoms with Gasteiger partial charge in [-0.25, -0.2) is 9.97 Å². The van der Waals surface area contributed by atoms with Crippen molar-refractivity contribution in [2.75, 3.05) is 6.61 Å². The minimum Gasteiger partial charge on any atom is -0.323 e. The standard InChI is InChI=1S/C7H8F2N2O/c8-7(9)12-5-2-6-10-3-1-4-11-6/h1,3-4,7H,2,5H2. The predicted octanol–water partition coefficient (Wildman–Crippen LogP) is 1.26. The third-order valence-electron chi connectivity index (χ3n) is 1.19. The molecule has 0 aliphatic heterocycles.